The summed E-state index contributed by atoms with van der Waals surface area (Å²) < 4.78 is 0.956. The van der Waals surface area contributed by atoms with Crippen molar-refractivity contribution in [3.8, 4) is 0 Å². The van der Waals surface area contributed by atoms with Gasteiger partial charge in [0.2, 0.25) is 11.8 Å². The molecule has 1 saturated carbocycles. The van der Waals surface area contributed by atoms with Crippen molar-refractivity contribution in [3.63, 3.8) is 0 Å². The first kappa shape index (κ1) is 24.1. The van der Waals surface area contributed by atoms with E-state index in [4.69, 9.17) is 11.6 Å². The molecular formula is C24H28BrClN2O2S. The van der Waals surface area contributed by atoms with Crippen LogP contribution in [0.15, 0.2) is 53.0 Å². The van der Waals surface area contributed by atoms with Crippen LogP contribution in [0, 0.1) is 0 Å². The second-order valence-electron chi connectivity index (χ2n) is 7.94. The lowest BCUT2D eigenvalue weighted by Crippen LogP contribution is -2.50. The summed E-state index contributed by atoms with van der Waals surface area (Å²) >= 11 is 11.0. The first-order valence-corrected chi connectivity index (χ1v) is 12.9. The molecule has 3 rings (SSSR count). The number of halogens is 2. The van der Waals surface area contributed by atoms with Crippen LogP contribution in [-0.2, 0) is 21.9 Å². The number of benzene rings is 2. The first-order valence-electron chi connectivity index (χ1n) is 10.6. The number of thioether (sulfide) groups is 1. The molecule has 0 bridgehead atoms. The maximum Gasteiger partial charge on any atom is 0.242 e. The molecule has 31 heavy (non-hydrogen) atoms. The highest BCUT2D eigenvalue weighted by Crippen LogP contribution is 2.21. The van der Waals surface area contributed by atoms with Crippen LogP contribution >= 0.6 is 39.3 Å². The molecule has 0 unspecified atom stereocenters. The van der Waals surface area contributed by atoms with Crippen LogP contribution in [0.2, 0.25) is 5.02 Å². The number of carbonyl (C=O) groups excluding carboxylic acids is 2. The maximum absolute atomic E-state index is 13.2. The van der Waals surface area contributed by atoms with Crippen LogP contribution < -0.4 is 5.32 Å². The van der Waals surface area contributed by atoms with Gasteiger partial charge in [0.25, 0.3) is 0 Å². The van der Waals surface area contributed by atoms with E-state index in [-0.39, 0.29) is 17.9 Å². The summed E-state index contributed by atoms with van der Waals surface area (Å²) in [6.07, 6.45) is 4.35. The van der Waals surface area contributed by atoms with Gasteiger partial charge in [0.1, 0.15) is 6.04 Å². The minimum absolute atomic E-state index is 0.0342. The Morgan fingerprint density at radius 2 is 1.87 bits per heavy atom. The minimum atomic E-state index is -0.525. The Labute approximate surface area is 202 Å². The maximum atomic E-state index is 13.2. The minimum Gasteiger partial charge on any atom is -0.352 e. The van der Waals surface area contributed by atoms with Gasteiger partial charge < -0.3 is 10.2 Å². The zero-order valence-corrected chi connectivity index (χ0v) is 20.8. The van der Waals surface area contributed by atoms with Crippen molar-refractivity contribution in [2.75, 3.05) is 5.75 Å². The molecule has 1 aliphatic carbocycles. The first-order chi connectivity index (χ1) is 14.9. The normalized spacial score (nSPS) is 14.9. The highest BCUT2D eigenvalue weighted by Gasteiger charge is 2.28. The molecule has 0 saturated heterocycles. The van der Waals surface area contributed by atoms with Gasteiger partial charge in [-0.3, -0.25) is 9.59 Å². The fourth-order valence-corrected chi connectivity index (χ4v) is 5.17. The molecule has 2 amide bonds. The van der Waals surface area contributed by atoms with Gasteiger partial charge in [-0.05, 0) is 55.2 Å². The topological polar surface area (TPSA) is 49.4 Å². The molecule has 0 spiro atoms. The lowest BCUT2D eigenvalue weighted by Gasteiger charge is -2.29. The molecule has 1 N–H and O–H groups in total. The van der Waals surface area contributed by atoms with E-state index in [1.54, 1.807) is 16.7 Å². The fourth-order valence-electron chi connectivity index (χ4n) is 3.73. The predicted molar refractivity (Wildman–Crippen MR) is 132 cm³/mol. The molecule has 7 heteroatoms. The van der Waals surface area contributed by atoms with Crippen LogP contribution in [0.4, 0.5) is 0 Å². The van der Waals surface area contributed by atoms with Gasteiger partial charge in [-0.25, -0.2) is 0 Å². The van der Waals surface area contributed by atoms with Crippen molar-refractivity contribution in [1.29, 1.82) is 0 Å². The van der Waals surface area contributed by atoms with E-state index in [1.165, 1.54) is 0 Å². The van der Waals surface area contributed by atoms with Gasteiger partial charge in [0, 0.05) is 27.8 Å². The number of carbonyl (C=O) groups is 2. The van der Waals surface area contributed by atoms with Crippen LogP contribution in [0.25, 0.3) is 0 Å². The Kier molecular flexibility index (Phi) is 9.30. The Bertz CT molecular complexity index is 887. The number of hydrogen-bond donors (Lipinski definition) is 1. The molecule has 0 heterocycles. The summed E-state index contributed by atoms with van der Waals surface area (Å²) in [6, 6.07) is 15.2. The Morgan fingerprint density at radius 3 is 2.55 bits per heavy atom. The average Bonchev–Trinajstić information content (AvgIpc) is 3.26. The standard InChI is InChI=1S/C24H28BrClN2O2S/c1-17(24(30)27-22-7-2-3-8-22)28(14-19-5-4-6-20(25)13-19)23(29)16-31-15-18-9-11-21(26)12-10-18/h4-6,9-13,17,22H,2-3,7-8,14-16H2,1H3,(H,27,30)/t17-/m0/s1. The molecule has 0 radical (unpaired) electrons. The van der Waals surface area contributed by atoms with Crippen LogP contribution in [0.1, 0.15) is 43.7 Å². The fraction of sp³-hybridized carbons (Fsp3) is 0.417. The Hall–Kier alpha value is -1.50. The van der Waals surface area contributed by atoms with Crippen LogP contribution in [-0.4, -0.2) is 34.6 Å². The van der Waals surface area contributed by atoms with E-state index >= 15 is 0 Å². The van der Waals surface area contributed by atoms with Gasteiger partial charge in [-0.2, -0.15) is 0 Å². The smallest absolute Gasteiger partial charge is 0.242 e. The molecule has 166 valence electrons. The van der Waals surface area contributed by atoms with Gasteiger partial charge in [0.15, 0.2) is 0 Å². The second-order valence-corrected chi connectivity index (χ2v) is 10.3. The zero-order valence-electron chi connectivity index (χ0n) is 17.7. The number of rotatable bonds is 9. The Balaban J connectivity index is 1.65. The second kappa shape index (κ2) is 11.9. The molecule has 2 aromatic rings. The molecule has 1 atom stereocenters. The number of hydrogen-bond acceptors (Lipinski definition) is 3. The SMILES string of the molecule is C[C@@H](C(=O)NC1CCCC1)N(Cc1cccc(Br)c1)C(=O)CSCc1ccc(Cl)cc1. The third kappa shape index (κ3) is 7.55. The van der Waals surface area contributed by atoms with E-state index in [2.05, 4.69) is 21.2 Å². The summed E-state index contributed by atoms with van der Waals surface area (Å²) in [6.45, 7) is 2.23. The van der Waals surface area contributed by atoms with Crippen LogP contribution in [0.3, 0.4) is 0 Å². The molecule has 2 aromatic carbocycles. The summed E-state index contributed by atoms with van der Waals surface area (Å²) in [5.41, 5.74) is 2.11. The van der Waals surface area contributed by atoms with Crippen molar-refractivity contribution in [3.05, 3.63) is 69.2 Å². The number of nitrogens with zero attached hydrogens (tertiary/aromatic N) is 1. The monoisotopic (exact) mass is 522 g/mol. The third-order valence-corrected chi connectivity index (χ3v) is 7.25. The van der Waals surface area contributed by atoms with Crippen LogP contribution in [0.5, 0.6) is 0 Å². The molecule has 0 aromatic heterocycles. The van der Waals surface area contributed by atoms with Crippen molar-refractivity contribution in [2.45, 2.75) is 57.0 Å². The van der Waals surface area contributed by atoms with E-state index in [0.717, 1.165) is 47.0 Å². The quantitative estimate of drug-likeness (QED) is 0.451. The summed E-state index contributed by atoms with van der Waals surface area (Å²) in [5, 5.41) is 3.84. The molecule has 1 aliphatic rings. The van der Waals surface area contributed by atoms with Crippen molar-refractivity contribution in [1.82, 2.24) is 10.2 Å². The lowest BCUT2D eigenvalue weighted by molar-refractivity contribution is -0.138. The molecular weight excluding hydrogens is 496 g/mol. The van der Waals surface area contributed by atoms with E-state index in [0.29, 0.717) is 17.3 Å². The van der Waals surface area contributed by atoms with Gasteiger partial charge in [-0.1, -0.05) is 64.6 Å². The lowest BCUT2D eigenvalue weighted by atomic mass is 10.1. The van der Waals surface area contributed by atoms with Gasteiger partial charge >= 0.3 is 0 Å². The number of nitrogens with one attached hydrogen (secondary N) is 1. The molecule has 1 fully saturated rings. The molecule has 4 nitrogen and oxygen atoms in total. The van der Waals surface area contributed by atoms with Crippen molar-refractivity contribution in [2.24, 2.45) is 0 Å². The van der Waals surface area contributed by atoms with Crippen molar-refractivity contribution < 1.29 is 9.59 Å². The predicted octanol–water partition coefficient (Wildman–Crippen LogP) is 5.81. The van der Waals surface area contributed by atoms with Gasteiger partial charge in [0.05, 0.1) is 5.75 Å². The zero-order chi connectivity index (χ0) is 22.2. The molecule has 0 aliphatic heterocycles. The van der Waals surface area contributed by atoms with E-state index < -0.39 is 6.04 Å². The summed E-state index contributed by atoms with van der Waals surface area (Å²) in [4.78, 5) is 27.7. The summed E-state index contributed by atoms with van der Waals surface area (Å²) in [7, 11) is 0. The highest BCUT2D eigenvalue weighted by atomic mass is 79.9. The van der Waals surface area contributed by atoms with Gasteiger partial charge in [-0.15, -0.1) is 11.8 Å². The summed E-state index contributed by atoms with van der Waals surface area (Å²) in [5.74, 6) is 0.930. The average molecular weight is 524 g/mol. The van der Waals surface area contributed by atoms with E-state index in [9.17, 15) is 9.59 Å². The Morgan fingerprint density at radius 1 is 1.16 bits per heavy atom. The highest BCUT2D eigenvalue weighted by molar-refractivity contribution is 9.10. The van der Waals surface area contributed by atoms with Crippen molar-refractivity contribution >= 4 is 51.1 Å². The van der Waals surface area contributed by atoms with E-state index in [1.807, 2.05) is 55.5 Å². The number of amides is 2. The third-order valence-electron chi connectivity index (χ3n) is 5.52. The largest absolute Gasteiger partial charge is 0.352 e.